The second-order valence-corrected chi connectivity index (χ2v) is 5.01. The third kappa shape index (κ3) is 3.24. The Labute approximate surface area is 114 Å². The van der Waals surface area contributed by atoms with Crippen molar-refractivity contribution in [1.82, 2.24) is 4.98 Å². The molecular formula is C13H10ClNO2S. The molecule has 0 amide bonds. The molecule has 0 atom stereocenters. The molecule has 0 saturated carbocycles. The zero-order chi connectivity index (χ0) is 13.0. The SMILES string of the molecule is O=C(O)c1ccccc1SCc1cc(Cl)ccn1. The number of hydrogen-bond acceptors (Lipinski definition) is 3. The lowest BCUT2D eigenvalue weighted by Crippen LogP contribution is -1.98. The number of pyridine rings is 1. The fraction of sp³-hybridized carbons (Fsp3) is 0.0769. The lowest BCUT2D eigenvalue weighted by molar-refractivity contribution is 0.0693. The lowest BCUT2D eigenvalue weighted by Gasteiger charge is -2.05. The molecule has 0 aliphatic carbocycles. The normalized spacial score (nSPS) is 10.3. The van der Waals surface area contributed by atoms with Gasteiger partial charge in [-0.1, -0.05) is 23.7 Å². The largest absolute Gasteiger partial charge is 0.478 e. The minimum atomic E-state index is -0.919. The minimum absolute atomic E-state index is 0.310. The number of carbonyl (C=O) groups is 1. The van der Waals surface area contributed by atoms with Crippen molar-refractivity contribution in [3.8, 4) is 0 Å². The van der Waals surface area contributed by atoms with Crippen LogP contribution >= 0.6 is 23.4 Å². The molecule has 2 aromatic rings. The third-order valence-electron chi connectivity index (χ3n) is 2.27. The van der Waals surface area contributed by atoms with E-state index in [0.29, 0.717) is 16.3 Å². The molecule has 0 unspecified atom stereocenters. The summed E-state index contributed by atoms with van der Waals surface area (Å²) in [6, 6.07) is 10.4. The highest BCUT2D eigenvalue weighted by Gasteiger charge is 2.09. The van der Waals surface area contributed by atoms with E-state index >= 15 is 0 Å². The van der Waals surface area contributed by atoms with Crippen LogP contribution in [0.4, 0.5) is 0 Å². The van der Waals surface area contributed by atoms with Crippen LogP contribution in [0.5, 0.6) is 0 Å². The Morgan fingerprint density at radius 3 is 2.83 bits per heavy atom. The van der Waals surface area contributed by atoms with Gasteiger partial charge in [-0.05, 0) is 24.3 Å². The van der Waals surface area contributed by atoms with E-state index in [4.69, 9.17) is 16.7 Å². The molecule has 92 valence electrons. The molecular weight excluding hydrogens is 270 g/mol. The number of rotatable bonds is 4. The predicted octanol–water partition coefficient (Wildman–Crippen LogP) is 3.73. The summed E-state index contributed by atoms with van der Waals surface area (Å²) in [5, 5.41) is 9.69. The summed E-state index contributed by atoms with van der Waals surface area (Å²) in [6.45, 7) is 0. The lowest BCUT2D eigenvalue weighted by atomic mass is 10.2. The fourth-order valence-electron chi connectivity index (χ4n) is 1.45. The summed E-state index contributed by atoms with van der Waals surface area (Å²) in [7, 11) is 0. The van der Waals surface area contributed by atoms with E-state index in [-0.39, 0.29) is 0 Å². The summed E-state index contributed by atoms with van der Waals surface area (Å²) in [6.07, 6.45) is 1.64. The van der Waals surface area contributed by atoms with Gasteiger partial charge in [0.25, 0.3) is 0 Å². The van der Waals surface area contributed by atoms with Crippen LogP contribution in [0.2, 0.25) is 5.02 Å². The van der Waals surface area contributed by atoms with Gasteiger partial charge >= 0.3 is 5.97 Å². The molecule has 0 bridgehead atoms. The number of halogens is 1. The Kier molecular flexibility index (Phi) is 4.23. The maximum absolute atomic E-state index is 11.0. The van der Waals surface area contributed by atoms with Crippen molar-refractivity contribution >= 4 is 29.3 Å². The number of thioether (sulfide) groups is 1. The van der Waals surface area contributed by atoms with Gasteiger partial charge in [0.15, 0.2) is 0 Å². The van der Waals surface area contributed by atoms with E-state index in [9.17, 15) is 4.79 Å². The second-order valence-electron chi connectivity index (χ2n) is 3.56. The van der Waals surface area contributed by atoms with Crippen molar-refractivity contribution in [3.05, 3.63) is 58.9 Å². The van der Waals surface area contributed by atoms with Crippen molar-refractivity contribution in [1.29, 1.82) is 0 Å². The number of carboxylic acids is 1. The van der Waals surface area contributed by atoms with Crippen LogP contribution in [0.25, 0.3) is 0 Å². The molecule has 0 fully saturated rings. The second kappa shape index (κ2) is 5.89. The molecule has 1 aromatic heterocycles. The minimum Gasteiger partial charge on any atom is -0.478 e. The molecule has 1 N–H and O–H groups in total. The van der Waals surface area contributed by atoms with Crippen molar-refractivity contribution in [2.75, 3.05) is 0 Å². The maximum Gasteiger partial charge on any atom is 0.336 e. The van der Waals surface area contributed by atoms with Crippen LogP contribution in [-0.4, -0.2) is 16.1 Å². The summed E-state index contributed by atoms with van der Waals surface area (Å²) >= 11 is 7.30. The molecule has 0 radical (unpaired) electrons. The number of hydrogen-bond donors (Lipinski definition) is 1. The van der Waals surface area contributed by atoms with Crippen LogP contribution in [0.15, 0.2) is 47.5 Å². The molecule has 5 heteroatoms. The highest BCUT2D eigenvalue weighted by Crippen LogP contribution is 2.26. The van der Waals surface area contributed by atoms with Crippen LogP contribution < -0.4 is 0 Å². The molecule has 1 aromatic carbocycles. The van der Waals surface area contributed by atoms with Gasteiger partial charge in [-0.15, -0.1) is 11.8 Å². The van der Waals surface area contributed by atoms with Crippen LogP contribution in [0, 0.1) is 0 Å². The van der Waals surface area contributed by atoms with E-state index < -0.39 is 5.97 Å². The Bertz CT molecular complexity index is 574. The van der Waals surface area contributed by atoms with E-state index in [1.54, 1.807) is 36.5 Å². The van der Waals surface area contributed by atoms with Crippen LogP contribution in [0.1, 0.15) is 16.1 Å². The molecule has 0 aliphatic heterocycles. The molecule has 0 saturated heterocycles. The average Bonchev–Trinajstić information content (AvgIpc) is 2.37. The fourth-order valence-corrected chi connectivity index (χ4v) is 2.58. The van der Waals surface area contributed by atoms with Gasteiger partial charge < -0.3 is 5.11 Å². The number of aromatic nitrogens is 1. The average molecular weight is 280 g/mol. The molecule has 0 aliphatic rings. The number of benzene rings is 1. The monoisotopic (exact) mass is 279 g/mol. The Hall–Kier alpha value is -1.52. The highest BCUT2D eigenvalue weighted by molar-refractivity contribution is 7.98. The first-order valence-electron chi connectivity index (χ1n) is 5.22. The van der Waals surface area contributed by atoms with Crippen molar-refractivity contribution in [2.24, 2.45) is 0 Å². The van der Waals surface area contributed by atoms with Gasteiger partial charge in [-0.2, -0.15) is 0 Å². The van der Waals surface area contributed by atoms with Crippen molar-refractivity contribution in [3.63, 3.8) is 0 Å². The van der Waals surface area contributed by atoms with Gasteiger partial charge in [0.2, 0.25) is 0 Å². The van der Waals surface area contributed by atoms with Gasteiger partial charge in [0, 0.05) is 21.9 Å². The Balaban J connectivity index is 2.13. The van der Waals surface area contributed by atoms with Crippen LogP contribution in [-0.2, 0) is 5.75 Å². The first kappa shape index (κ1) is 12.9. The van der Waals surface area contributed by atoms with Crippen molar-refractivity contribution in [2.45, 2.75) is 10.6 Å². The molecule has 0 spiro atoms. The molecule has 18 heavy (non-hydrogen) atoms. The van der Waals surface area contributed by atoms with E-state index in [1.165, 1.54) is 11.8 Å². The predicted molar refractivity (Wildman–Crippen MR) is 72.2 cm³/mol. The summed E-state index contributed by atoms with van der Waals surface area (Å²) < 4.78 is 0. The van der Waals surface area contributed by atoms with Gasteiger partial charge in [-0.25, -0.2) is 4.79 Å². The Morgan fingerprint density at radius 1 is 1.33 bits per heavy atom. The van der Waals surface area contributed by atoms with Crippen molar-refractivity contribution < 1.29 is 9.90 Å². The summed E-state index contributed by atoms with van der Waals surface area (Å²) in [5.41, 5.74) is 1.14. The maximum atomic E-state index is 11.0. The van der Waals surface area contributed by atoms with Gasteiger partial charge in [0.1, 0.15) is 0 Å². The number of carboxylic acid groups (broad SMARTS) is 1. The zero-order valence-electron chi connectivity index (χ0n) is 9.34. The first-order chi connectivity index (χ1) is 8.66. The summed E-state index contributed by atoms with van der Waals surface area (Å²) in [5.74, 6) is -0.331. The summed E-state index contributed by atoms with van der Waals surface area (Å²) in [4.78, 5) is 15.9. The van der Waals surface area contributed by atoms with E-state index in [2.05, 4.69) is 4.98 Å². The third-order valence-corrected chi connectivity index (χ3v) is 3.61. The van der Waals surface area contributed by atoms with E-state index in [0.717, 1.165) is 10.6 Å². The Morgan fingerprint density at radius 2 is 2.11 bits per heavy atom. The zero-order valence-corrected chi connectivity index (χ0v) is 10.9. The smallest absolute Gasteiger partial charge is 0.336 e. The first-order valence-corrected chi connectivity index (χ1v) is 6.59. The number of aromatic carboxylic acids is 1. The number of nitrogens with zero attached hydrogens (tertiary/aromatic N) is 1. The van der Waals surface area contributed by atoms with Crippen LogP contribution in [0.3, 0.4) is 0 Å². The topological polar surface area (TPSA) is 50.2 Å². The molecule has 1 heterocycles. The van der Waals surface area contributed by atoms with Gasteiger partial charge in [-0.3, -0.25) is 4.98 Å². The van der Waals surface area contributed by atoms with Gasteiger partial charge in [0.05, 0.1) is 11.3 Å². The quantitative estimate of drug-likeness (QED) is 0.867. The molecule has 3 nitrogen and oxygen atoms in total. The van der Waals surface area contributed by atoms with E-state index in [1.807, 2.05) is 6.07 Å². The standard InChI is InChI=1S/C13H10ClNO2S/c14-9-5-6-15-10(7-9)8-18-12-4-2-1-3-11(12)13(16)17/h1-7H,8H2,(H,16,17). The molecule has 2 rings (SSSR count). The highest BCUT2D eigenvalue weighted by atomic mass is 35.5.